The first-order valence-electron chi connectivity index (χ1n) is 48.7. The number of rotatable bonds is 12. The van der Waals surface area contributed by atoms with Gasteiger partial charge in [-0.2, -0.15) is 19.9 Å². The van der Waals surface area contributed by atoms with Crippen molar-refractivity contribution in [2.75, 3.05) is 14.2 Å². The highest BCUT2D eigenvalue weighted by atomic mass is 16.5. The van der Waals surface area contributed by atoms with E-state index in [1.807, 2.05) is 182 Å². The number of ether oxygens (including phenoxy) is 2. The van der Waals surface area contributed by atoms with Crippen molar-refractivity contribution in [2.24, 2.45) is 0 Å². The lowest BCUT2D eigenvalue weighted by molar-refractivity contribution is 0.414. The predicted octanol–water partition coefficient (Wildman–Crippen LogP) is 28.9. The number of aryl methyl sites for hydroxylation is 2. The Labute approximate surface area is 771 Å². The second kappa shape index (κ2) is 30.0. The minimum Gasteiger partial charge on any atom is -0.497 e. The molecule has 8 heterocycles. The summed E-state index contributed by atoms with van der Waals surface area (Å²) in [5.74, 6) is 5.24. The molecule has 0 N–H and O–H groups in total. The molecule has 0 spiro atoms. The largest absolute Gasteiger partial charge is 0.497 e. The second-order valence-electron chi connectivity index (χ2n) is 33.4. The van der Waals surface area contributed by atoms with Crippen molar-refractivity contribution in [3.63, 3.8) is 0 Å². The number of benzene rings is 20. The minimum atomic E-state index is -0.474. The molecule has 20 aromatic carbocycles. The number of hydrogen-bond donors (Lipinski definition) is 0. The van der Waals surface area contributed by atoms with E-state index >= 15 is 0 Å². The van der Waals surface area contributed by atoms with E-state index in [0.29, 0.717) is 57.3 Å². The van der Waals surface area contributed by atoms with Crippen molar-refractivity contribution in [1.29, 1.82) is 0 Å². The van der Waals surface area contributed by atoms with Crippen molar-refractivity contribution in [3.8, 4) is 125 Å². The highest BCUT2D eigenvalue weighted by Crippen LogP contribution is 2.54. The average Bonchev–Trinajstić information content (AvgIpc) is 0.608. The van der Waals surface area contributed by atoms with Crippen LogP contribution in [0.5, 0.6) is 11.5 Å². The Morgan fingerprint density at radius 2 is 0.447 bits per heavy atom. The molecule has 622 valence electrons. The summed E-state index contributed by atoms with van der Waals surface area (Å²) in [6, 6.07) is 112. The van der Waals surface area contributed by atoms with Gasteiger partial charge in [-0.15, -0.1) is 0 Å². The molecule has 0 saturated carbocycles. The lowest BCUT2D eigenvalue weighted by atomic mass is 9.87. The molecule has 0 fully saturated rings. The van der Waals surface area contributed by atoms with E-state index in [-0.39, 0.29) is 35.5 Å². The van der Waals surface area contributed by atoms with E-state index < -0.39 is 36.3 Å². The highest BCUT2D eigenvalue weighted by molar-refractivity contribution is 6.30. The minimum absolute atomic E-state index is 0.0284. The maximum absolute atomic E-state index is 8.84. The summed E-state index contributed by atoms with van der Waals surface area (Å²) in [5.41, 5.74) is 25.7. The van der Waals surface area contributed by atoms with Crippen LogP contribution in [0.2, 0.25) is 0 Å². The fourth-order valence-corrected chi connectivity index (χ4v) is 20.6. The third-order valence-electron chi connectivity index (χ3n) is 25.9. The fourth-order valence-electron chi connectivity index (χ4n) is 20.6. The van der Waals surface area contributed by atoms with Crippen LogP contribution in [0.15, 0.2) is 400 Å². The van der Waals surface area contributed by atoms with Gasteiger partial charge in [-0.1, -0.05) is 267 Å². The standard InChI is InChI=1S/C50H30N8.C36H28N2O2.C32H20N2/c1-5-15-33(16-6-1)45-51-46(34-17-7-2-8-18-34)54-49(53-45)57-37-25-13-23-31-28-30-40-44(41(31)37)43-39(57)29-27-32-24-14-26-38(42(32)43)58(40)50-55-47(35-19-9-3-10-20-35)52-48(56-50)36-21-11-4-12-22-36;1-21-15-25(19-27(17-21)39-3)37-29-9-5-7-23-12-14-32-36(33(23)29)35-31(37)13-11-24-8-6-10-30(34(24)35)38(32)26-16-22(2)18-28(20-26)40-4;1-3-11-23(12-4-1)33-25-15-7-9-21-18-20-28-32(29(21)25)31-27(33)19-17-22-10-8-16-26(30(22)31)34(28)24-13-5-2-6-14-24/h1-30H;5-20H,1-4H3;1-20H/i;;1D,2D,3D,4D,5D,6D,11D,12D,13D,14D. The lowest BCUT2D eigenvalue weighted by Gasteiger charge is -2.29. The summed E-state index contributed by atoms with van der Waals surface area (Å²) in [4.78, 5) is 31.0. The van der Waals surface area contributed by atoms with Gasteiger partial charge in [0.25, 0.3) is 0 Å². The zero-order valence-corrected chi connectivity index (χ0v) is 71.5. The molecule has 14 heteroatoms. The maximum atomic E-state index is 8.84. The molecule has 0 aliphatic carbocycles. The summed E-state index contributed by atoms with van der Waals surface area (Å²) < 4.78 is 109. The van der Waals surface area contributed by atoms with Crippen molar-refractivity contribution in [3.05, 3.63) is 411 Å². The van der Waals surface area contributed by atoms with Crippen LogP contribution in [-0.2, 0) is 0 Å². The van der Waals surface area contributed by atoms with Crippen LogP contribution in [0.3, 0.4) is 0 Å². The van der Waals surface area contributed by atoms with Crippen LogP contribution >= 0.6 is 0 Å². The fraction of sp³-hybridized carbons (Fsp3) is 0.0339. The first-order valence-corrected chi connectivity index (χ1v) is 43.7. The van der Waals surface area contributed by atoms with Crippen LogP contribution in [-0.4, -0.2) is 71.5 Å². The highest BCUT2D eigenvalue weighted by Gasteiger charge is 2.33. The maximum Gasteiger partial charge on any atom is 0.238 e. The first-order chi connectivity index (χ1) is 69.4. The van der Waals surface area contributed by atoms with Gasteiger partial charge in [0.05, 0.1) is 106 Å². The topological polar surface area (TPSA) is 125 Å². The van der Waals surface area contributed by atoms with E-state index in [1.54, 1.807) is 23.4 Å². The Bertz CT molecular complexity index is 9210. The van der Waals surface area contributed by atoms with E-state index in [9.17, 15) is 0 Å². The Kier molecular flexibility index (Phi) is 15.0. The number of methoxy groups -OCH3 is 2. The SMILES string of the molecule is COc1cc(C)cc(-n2c3ccc4cccc5c4c3-c3c4c(cccc42)ccc3n5-c2cc(C)cc(OC)c2)c1.[2H]c1c([2H])c([2H])c(-n2c3ccc4cccc5c4c3-c3c4c(cccc42)ccc3n5-c2c([2H])c([2H])c([2H])c([2H])c2[2H])c([2H])c1[2H].c1ccc(-c2nc(-c3ccccc3)nc(-n3c4ccc5cccc6c5c4-c4c5c(cccc53)ccc4n6-c3nc(-c4ccccc4)nc(-c4ccccc4)n3)n2)cc1. The zero-order valence-electron chi connectivity index (χ0n) is 81.5. The third kappa shape index (κ3) is 11.8. The van der Waals surface area contributed by atoms with Gasteiger partial charge < -0.3 is 27.7 Å². The Hall–Kier alpha value is -17.6. The molecular formula is C118H78N12O2. The number of aromatic nitrogens is 12. The summed E-state index contributed by atoms with van der Waals surface area (Å²) in [6.45, 7) is 4.25. The molecule has 0 unspecified atom stereocenters. The van der Waals surface area contributed by atoms with Gasteiger partial charge in [0, 0.05) is 111 Å². The van der Waals surface area contributed by atoms with Gasteiger partial charge >= 0.3 is 0 Å². The second-order valence-corrected chi connectivity index (χ2v) is 33.4. The first kappa shape index (κ1) is 65.9. The molecule has 2 aromatic heterocycles. The molecule has 0 atom stereocenters. The number of hydrogen-bond acceptors (Lipinski definition) is 8. The zero-order chi connectivity index (χ0) is 96.2. The summed E-state index contributed by atoms with van der Waals surface area (Å²) in [5, 5.41) is 12.6. The monoisotopic (exact) mass is 1700 g/mol. The molecule has 0 radical (unpaired) electrons. The van der Waals surface area contributed by atoms with Crippen LogP contribution in [0.4, 0.5) is 0 Å². The van der Waals surface area contributed by atoms with Crippen LogP contribution in [0.1, 0.15) is 24.8 Å². The van der Waals surface area contributed by atoms with Crippen molar-refractivity contribution in [2.45, 2.75) is 13.8 Å². The Balaban J connectivity index is 0.000000111. The van der Waals surface area contributed by atoms with E-state index in [2.05, 4.69) is 190 Å². The molecule has 132 heavy (non-hydrogen) atoms. The van der Waals surface area contributed by atoms with Gasteiger partial charge in [0.15, 0.2) is 23.3 Å². The Morgan fingerprint density at radius 3 is 0.697 bits per heavy atom. The number of pyridine rings is 6. The molecule has 28 rings (SSSR count). The predicted molar refractivity (Wildman–Crippen MR) is 540 cm³/mol. The van der Waals surface area contributed by atoms with Crippen LogP contribution in [0.25, 0.3) is 244 Å². The van der Waals surface area contributed by atoms with Crippen molar-refractivity contribution >= 4 is 131 Å². The molecule has 0 saturated heterocycles. The van der Waals surface area contributed by atoms with E-state index in [4.69, 9.17) is 53.1 Å². The molecule has 6 aliphatic rings. The molecule has 6 aliphatic heterocycles. The summed E-state index contributed by atoms with van der Waals surface area (Å²) in [7, 11) is 3.47. The van der Waals surface area contributed by atoms with Crippen molar-refractivity contribution in [1.82, 2.24) is 57.3 Å². The van der Waals surface area contributed by atoms with Crippen LogP contribution < -0.4 is 9.47 Å². The number of para-hydroxylation sites is 2. The van der Waals surface area contributed by atoms with Gasteiger partial charge in [0.1, 0.15) is 11.5 Å². The van der Waals surface area contributed by atoms with Gasteiger partial charge in [-0.05, 0) is 179 Å². The molecular weight excluding hydrogens is 1620 g/mol. The third-order valence-corrected chi connectivity index (χ3v) is 25.9. The van der Waals surface area contributed by atoms with Crippen molar-refractivity contribution < 1.29 is 23.2 Å². The van der Waals surface area contributed by atoms with E-state index in [0.717, 1.165) is 144 Å². The molecule has 0 bridgehead atoms. The molecule has 0 amide bonds. The average molecular weight is 1710 g/mol. The molecule has 14 nitrogen and oxygen atoms in total. The smallest absolute Gasteiger partial charge is 0.238 e. The van der Waals surface area contributed by atoms with Crippen LogP contribution in [0, 0.1) is 13.8 Å². The van der Waals surface area contributed by atoms with E-state index in [1.165, 1.54) is 54.7 Å². The van der Waals surface area contributed by atoms with Gasteiger partial charge in [0.2, 0.25) is 11.9 Å². The van der Waals surface area contributed by atoms with Gasteiger partial charge in [-0.3, -0.25) is 9.13 Å². The summed E-state index contributed by atoms with van der Waals surface area (Å²) >= 11 is 0. The quantitative estimate of drug-likeness (QED) is 0.0875. The number of nitrogens with zero attached hydrogens (tertiary/aromatic N) is 12. The Morgan fingerprint density at radius 1 is 0.212 bits per heavy atom. The lowest BCUT2D eigenvalue weighted by Crippen LogP contribution is -2.14. The summed E-state index contributed by atoms with van der Waals surface area (Å²) in [6.07, 6.45) is 0. The molecule has 22 aromatic rings. The normalized spacial score (nSPS) is 13.0. The van der Waals surface area contributed by atoms with Gasteiger partial charge in [-0.25, -0.2) is 9.97 Å².